The Bertz CT molecular complexity index is 946. The first-order valence-corrected chi connectivity index (χ1v) is 7.88. The lowest BCUT2D eigenvalue weighted by atomic mass is 9.99. The molecule has 0 fully saturated rings. The van der Waals surface area contributed by atoms with Crippen molar-refractivity contribution in [1.82, 2.24) is 15.0 Å². The summed E-state index contributed by atoms with van der Waals surface area (Å²) in [4.78, 5) is 24.7. The molecule has 0 saturated carbocycles. The van der Waals surface area contributed by atoms with Crippen molar-refractivity contribution in [2.24, 2.45) is 4.99 Å². The molecule has 5 N–H and O–H groups in total. The molecule has 132 valence electrons. The van der Waals surface area contributed by atoms with E-state index in [0.29, 0.717) is 12.4 Å². The second-order valence-corrected chi connectivity index (χ2v) is 5.59. The number of hydrogen-bond acceptors (Lipinski definition) is 6. The molecule has 4 rings (SSSR count). The Kier molecular flexibility index (Phi) is 4.93. The van der Waals surface area contributed by atoms with E-state index in [1.807, 2.05) is 18.5 Å². The van der Waals surface area contributed by atoms with Crippen LogP contribution >= 0.6 is 0 Å². The molecule has 0 unspecified atom stereocenters. The number of nitrogens with one attached hydrogen (secondary N) is 2. The largest absolute Gasteiger partial charge is 0.481 e. The highest BCUT2D eigenvalue weighted by Crippen LogP contribution is 2.32. The van der Waals surface area contributed by atoms with Crippen molar-refractivity contribution in [1.29, 1.82) is 0 Å². The first-order valence-electron chi connectivity index (χ1n) is 7.88. The highest BCUT2D eigenvalue weighted by atomic mass is 16.4. The number of carbonyl (C=O) groups is 1. The van der Waals surface area contributed by atoms with Gasteiger partial charge in [0.05, 0.1) is 6.54 Å². The zero-order chi connectivity index (χ0) is 18.5. The molecular formula is C18H18N6O2. The van der Waals surface area contributed by atoms with Gasteiger partial charge in [-0.25, -0.2) is 4.98 Å². The molecule has 8 heteroatoms. The van der Waals surface area contributed by atoms with Gasteiger partial charge in [0.1, 0.15) is 5.82 Å². The molecule has 0 bridgehead atoms. The van der Waals surface area contributed by atoms with E-state index in [1.54, 1.807) is 12.3 Å². The highest BCUT2D eigenvalue weighted by Gasteiger charge is 2.15. The van der Waals surface area contributed by atoms with E-state index in [0.717, 1.165) is 29.4 Å². The van der Waals surface area contributed by atoms with Crippen LogP contribution in [0.2, 0.25) is 0 Å². The molecule has 3 aromatic rings. The minimum Gasteiger partial charge on any atom is -0.481 e. The summed E-state index contributed by atoms with van der Waals surface area (Å²) < 4.78 is 0. The van der Waals surface area contributed by atoms with Gasteiger partial charge < -0.3 is 21.1 Å². The van der Waals surface area contributed by atoms with Gasteiger partial charge in [-0.2, -0.15) is 4.98 Å². The number of fused-ring (bicyclic) bond motifs is 1. The Morgan fingerprint density at radius 2 is 2.15 bits per heavy atom. The predicted octanol–water partition coefficient (Wildman–Crippen LogP) is 2.82. The first-order chi connectivity index (χ1) is 12.5. The molecule has 0 aliphatic carbocycles. The van der Waals surface area contributed by atoms with Gasteiger partial charge in [0.25, 0.3) is 5.97 Å². The molecule has 2 aromatic heterocycles. The van der Waals surface area contributed by atoms with Crippen LogP contribution in [0.4, 0.5) is 17.5 Å². The third kappa shape index (κ3) is 4.04. The van der Waals surface area contributed by atoms with Crippen LogP contribution in [0.15, 0.2) is 47.7 Å². The van der Waals surface area contributed by atoms with Crippen molar-refractivity contribution >= 4 is 29.6 Å². The van der Waals surface area contributed by atoms with Gasteiger partial charge in [0.2, 0.25) is 5.95 Å². The van der Waals surface area contributed by atoms with Gasteiger partial charge in [-0.05, 0) is 35.9 Å². The monoisotopic (exact) mass is 350 g/mol. The summed E-state index contributed by atoms with van der Waals surface area (Å²) in [6.45, 7) is 1.80. The molecule has 8 nitrogen and oxygen atoms in total. The minimum atomic E-state index is -0.833. The van der Waals surface area contributed by atoms with Crippen molar-refractivity contribution in [3.05, 3.63) is 53.9 Å². The number of aromatic amines is 1. The summed E-state index contributed by atoms with van der Waals surface area (Å²) in [5.41, 5.74) is 11.1. The summed E-state index contributed by atoms with van der Waals surface area (Å²) in [5, 5.41) is 10.7. The first kappa shape index (κ1) is 17.2. The Hall–Kier alpha value is -3.68. The lowest BCUT2D eigenvalue weighted by molar-refractivity contribution is -0.134. The van der Waals surface area contributed by atoms with Crippen LogP contribution in [-0.2, 0) is 11.3 Å². The number of aliphatic imine (C=N–C) groups is 1. The second kappa shape index (κ2) is 7.47. The number of nitrogen functional groups attached to an aromatic ring is 1. The fourth-order valence-corrected chi connectivity index (χ4v) is 2.62. The molecule has 0 amide bonds. The van der Waals surface area contributed by atoms with Gasteiger partial charge in [-0.3, -0.25) is 9.79 Å². The number of carboxylic acids is 1. The number of nitrogens with zero attached hydrogens (tertiary/aromatic N) is 3. The van der Waals surface area contributed by atoms with Crippen LogP contribution in [0.3, 0.4) is 0 Å². The number of H-pyrrole nitrogens is 1. The normalized spacial score (nSPS) is 11.4. The molecule has 26 heavy (non-hydrogen) atoms. The number of carboxylic acid groups (broad SMARTS) is 1. The van der Waals surface area contributed by atoms with Crippen molar-refractivity contribution < 1.29 is 9.90 Å². The van der Waals surface area contributed by atoms with Crippen LogP contribution < -0.4 is 11.1 Å². The van der Waals surface area contributed by atoms with Gasteiger partial charge in [0.15, 0.2) is 0 Å². The van der Waals surface area contributed by atoms with E-state index >= 15 is 0 Å². The van der Waals surface area contributed by atoms with Gasteiger partial charge in [0, 0.05) is 48.0 Å². The van der Waals surface area contributed by atoms with Crippen LogP contribution in [0, 0.1) is 0 Å². The minimum absolute atomic E-state index is 0.248. The molecule has 0 spiro atoms. The molecule has 1 aliphatic rings. The summed E-state index contributed by atoms with van der Waals surface area (Å²) in [6, 6.07) is 9.99. The van der Waals surface area contributed by atoms with Crippen molar-refractivity contribution in [3.8, 4) is 11.3 Å². The number of rotatable bonds is 3. The molecular weight excluding hydrogens is 332 g/mol. The zero-order valence-electron chi connectivity index (χ0n) is 14.1. The Labute approximate surface area is 149 Å². The SMILES string of the molecule is CC(=O)O.Nc1nccc(Nc2cc3c(c(-c4ccc[nH]4)c2)CN=C3)n1. The van der Waals surface area contributed by atoms with Gasteiger partial charge in [-0.15, -0.1) is 0 Å². The summed E-state index contributed by atoms with van der Waals surface area (Å²) >= 11 is 0. The van der Waals surface area contributed by atoms with E-state index < -0.39 is 5.97 Å². The van der Waals surface area contributed by atoms with E-state index in [-0.39, 0.29) is 5.95 Å². The van der Waals surface area contributed by atoms with Crippen molar-refractivity contribution in [2.45, 2.75) is 13.5 Å². The molecule has 3 heterocycles. The Balaban J connectivity index is 0.000000447. The van der Waals surface area contributed by atoms with Gasteiger partial charge in [-0.1, -0.05) is 0 Å². The van der Waals surface area contributed by atoms with Crippen molar-refractivity contribution in [3.63, 3.8) is 0 Å². The number of benzene rings is 1. The fourth-order valence-electron chi connectivity index (χ4n) is 2.62. The van der Waals surface area contributed by atoms with E-state index in [2.05, 4.69) is 43.5 Å². The number of nitrogens with two attached hydrogens (primary N) is 1. The highest BCUT2D eigenvalue weighted by molar-refractivity contribution is 5.91. The van der Waals surface area contributed by atoms with Crippen LogP contribution in [0.1, 0.15) is 18.1 Å². The number of hydrogen-bond donors (Lipinski definition) is 4. The maximum atomic E-state index is 9.00. The number of anilines is 3. The Morgan fingerprint density at radius 1 is 1.35 bits per heavy atom. The lowest BCUT2D eigenvalue weighted by Crippen LogP contribution is -2.00. The third-order valence-corrected chi connectivity index (χ3v) is 3.60. The smallest absolute Gasteiger partial charge is 0.300 e. The average Bonchev–Trinajstić information content (AvgIpc) is 3.25. The van der Waals surface area contributed by atoms with Crippen LogP contribution in [0.5, 0.6) is 0 Å². The number of aliphatic carboxylic acids is 1. The van der Waals surface area contributed by atoms with Crippen molar-refractivity contribution in [2.75, 3.05) is 11.1 Å². The maximum Gasteiger partial charge on any atom is 0.300 e. The Morgan fingerprint density at radius 3 is 2.85 bits per heavy atom. The molecule has 1 aliphatic heterocycles. The lowest BCUT2D eigenvalue weighted by Gasteiger charge is -2.12. The van der Waals surface area contributed by atoms with Gasteiger partial charge >= 0.3 is 0 Å². The molecule has 0 radical (unpaired) electrons. The predicted molar refractivity (Wildman–Crippen MR) is 101 cm³/mol. The third-order valence-electron chi connectivity index (χ3n) is 3.60. The van der Waals surface area contributed by atoms with E-state index in [9.17, 15) is 0 Å². The van der Waals surface area contributed by atoms with Crippen LogP contribution in [0.25, 0.3) is 11.3 Å². The molecule has 0 atom stereocenters. The summed E-state index contributed by atoms with van der Waals surface area (Å²) in [6.07, 6.45) is 5.45. The standard InChI is InChI=1S/C16H14N6.C2H4O2/c17-16-20-5-3-15(22-16)21-11-6-10-8-18-9-13(10)12(7-11)14-2-1-4-19-14;1-2(3)4/h1-8,19H,9H2,(H3,17,20,21,22);1H3,(H,3,4). The molecule has 1 aromatic carbocycles. The topological polar surface area (TPSA) is 129 Å². The maximum absolute atomic E-state index is 9.00. The zero-order valence-corrected chi connectivity index (χ0v) is 14.1. The second-order valence-electron chi connectivity index (χ2n) is 5.59. The van der Waals surface area contributed by atoms with E-state index in [1.165, 1.54) is 5.56 Å². The quantitative estimate of drug-likeness (QED) is 0.575. The average molecular weight is 350 g/mol. The summed E-state index contributed by atoms with van der Waals surface area (Å²) in [7, 11) is 0. The molecule has 0 saturated heterocycles. The summed E-state index contributed by atoms with van der Waals surface area (Å²) in [5.74, 6) is 0.0807. The number of aromatic nitrogens is 3. The van der Waals surface area contributed by atoms with E-state index in [4.69, 9.17) is 15.6 Å². The fraction of sp³-hybridized carbons (Fsp3) is 0.111. The van der Waals surface area contributed by atoms with Crippen LogP contribution in [-0.4, -0.2) is 32.2 Å².